The molecule has 0 saturated carbocycles. The molecule has 0 aliphatic heterocycles. The van der Waals surface area contributed by atoms with Crippen LogP contribution >= 0.6 is 7.60 Å². The van der Waals surface area contributed by atoms with Gasteiger partial charge in [-0.3, -0.25) is 9.36 Å². The van der Waals surface area contributed by atoms with E-state index in [1.54, 1.807) is 0 Å². The van der Waals surface area contributed by atoms with Crippen molar-refractivity contribution in [1.29, 1.82) is 0 Å². The minimum atomic E-state index is -4.70. The molecule has 1 unspecified atom stereocenters. The minimum Gasteiger partial charge on any atom is -0.480 e. The monoisotopic (exact) mass is 308 g/mol. The molecule has 0 aromatic heterocycles. The normalized spacial score (nSPS) is 14.3. The van der Waals surface area contributed by atoms with Crippen LogP contribution in [0.1, 0.15) is 39.0 Å². The van der Waals surface area contributed by atoms with Crippen LogP contribution in [0.4, 0.5) is 0 Å². The van der Waals surface area contributed by atoms with Gasteiger partial charge in [0.05, 0.1) is 6.61 Å². The lowest BCUT2D eigenvalue weighted by Gasteiger charge is -2.25. The molecule has 8 heteroatoms. The first kappa shape index (κ1) is 18.8. The van der Waals surface area contributed by atoms with Gasteiger partial charge in [-0.15, -0.1) is 0 Å². The summed E-state index contributed by atoms with van der Waals surface area (Å²) in [5.74, 6) is -1.99. The van der Waals surface area contributed by atoms with Gasteiger partial charge in [-0.2, -0.15) is 0 Å². The molecular weight excluding hydrogens is 287 g/mol. The van der Waals surface area contributed by atoms with Gasteiger partial charge in [0.1, 0.15) is 0 Å². The number of carboxylic acid groups (broad SMARTS) is 1. The molecule has 0 amide bonds. The third-order valence-corrected chi connectivity index (χ3v) is 4.77. The summed E-state index contributed by atoms with van der Waals surface area (Å²) in [5.41, 5.74) is 0. The van der Waals surface area contributed by atoms with E-state index in [9.17, 15) is 14.2 Å². The van der Waals surface area contributed by atoms with Crippen LogP contribution in [-0.2, 0) is 18.9 Å². The summed E-state index contributed by atoms with van der Waals surface area (Å²) in [6, 6.07) is 0. The molecule has 0 radical (unpaired) electrons. The van der Waals surface area contributed by atoms with Crippen molar-refractivity contribution in [2.75, 3.05) is 6.61 Å². The predicted octanol–water partition coefficient (Wildman–Crippen LogP) is 1.69. The highest BCUT2D eigenvalue weighted by molar-refractivity contribution is 7.54. The van der Waals surface area contributed by atoms with Gasteiger partial charge in [-0.05, 0) is 19.8 Å². The summed E-state index contributed by atoms with van der Waals surface area (Å²) in [5, 5.41) is 6.90. The topological polar surface area (TPSA) is 121 Å². The quantitative estimate of drug-likeness (QED) is 0.243. The van der Waals surface area contributed by atoms with Crippen LogP contribution in [0.3, 0.4) is 0 Å². The fourth-order valence-corrected chi connectivity index (χ4v) is 2.23. The first-order valence-corrected chi connectivity index (χ1v) is 7.84. The van der Waals surface area contributed by atoms with Crippen LogP contribution in [0.5, 0.6) is 0 Å². The van der Waals surface area contributed by atoms with E-state index in [0.717, 1.165) is 13.0 Å². The summed E-state index contributed by atoms with van der Waals surface area (Å²) in [4.78, 5) is 39.9. The van der Waals surface area contributed by atoms with E-state index in [-0.39, 0.29) is 13.0 Å². The number of ether oxygens (including phenoxy) is 1. The van der Waals surface area contributed by atoms with Crippen molar-refractivity contribution in [2.45, 2.75) is 44.2 Å². The van der Waals surface area contributed by atoms with Gasteiger partial charge in [0.25, 0.3) is 0 Å². The Morgan fingerprint density at radius 2 is 1.80 bits per heavy atom. The Bertz CT molecular complexity index is 401. The number of aliphatic carboxylic acids is 1. The van der Waals surface area contributed by atoms with Gasteiger partial charge in [-0.1, -0.05) is 25.8 Å². The van der Waals surface area contributed by atoms with Gasteiger partial charge in [0.2, 0.25) is 0 Å². The number of unbranched alkanes of at least 4 members (excludes halogenated alkanes) is 3. The van der Waals surface area contributed by atoms with Crippen molar-refractivity contribution in [3.05, 3.63) is 12.7 Å². The Kier molecular flexibility index (Phi) is 7.71. The number of rotatable bonds is 10. The maximum atomic E-state index is 11.2. The molecule has 0 bridgehead atoms. The van der Waals surface area contributed by atoms with E-state index in [2.05, 4.69) is 6.58 Å². The largest absolute Gasteiger partial charge is 0.480 e. The molecule has 0 aliphatic rings. The molecule has 0 rings (SSSR count). The molecular formula is C12H21O7P. The molecule has 0 fully saturated rings. The number of hydrogen-bond acceptors (Lipinski definition) is 4. The summed E-state index contributed by atoms with van der Waals surface area (Å²) < 4.78 is 16.0. The fraction of sp³-hybridized carbons (Fsp3) is 0.667. The lowest BCUT2D eigenvalue weighted by atomic mass is 10.0. The SMILES string of the molecule is C=CC(=O)OCCCCCCC(C)(C(=O)O)P(=O)(O)O. The van der Waals surface area contributed by atoms with Crippen LogP contribution in [0.25, 0.3) is 0 Å². The second kappa shape index (κ2) is 8.19. The zero-order valence-electron chi connectivity index (χ0n) is 11.4. The molecule has 1 atom stereocenters. The molecule has 116 valence electrons. The lowest BCUT2D eigenvalue weighted by molar-refractivity contribution is -0.140. The average Bonchev–Trinajstić information content (AvgIpc) is 2.35. The predicted molar refractivity (Wildman–Crippen MR) is 72.3 cm³/mol. The first-order valence-electron chi connectivity index (χ1n) is 6.23. The van der Waals surface area contributed by atoms with Crippen molar-refractivity contribution in [2.24, 2.45) is 0 Å². The minimum absolute atomic E-state index is 0.0982. The van der Waals surface area contributed by atoms with Gasteiger partial charge in [-0.25, -0.2) is 4.79 Å². The molecule has 0 aliphatic carbocycles. The maximum Gasteiger partial charge on any atom is 0.342 e. The van der Waals surface area contributed by atoms with Gasteiger partial charge >= 0.3 is 19.5 Å². The Morgan fingerprint density at radius 1 is 1.25 bits per heavy atom. The highest BCUT2D eigenvalue weighted by Gasteiger charge is 2.48. The van der Waals surface area contributed by atoms with Crippen LogP contribution in [0.2, 0.25) is 0 Å². The van der Waals surface area contributed by atoms with Crippen LogP contribution in [0.15, 0.2) is 12.7 Å². The highest BCUT2D eigenvalue weighted by Crippen LogP contribution is 2.53. The first-order chi connectivity index (χ1) is 9.15. The third kappa shape index (κ3) is 5.86. The molecule has 0 saturated heterocycles. The van der Waals surface area contributed by atoms with Gasteiger partial charge in [0, 0.05) is 6.08 Å². The number of esters is 1. The molecule has 3 N–H and O–H groups in total. The summed E-state index contributed by atoms with van der Waals surface area (Å²) >= 11 is 0. The summed E-state index contributed by atoms with van der Waals surface area (Å²) in [7, 11) is -4.70. The molecule has 20 heavy (non-hydrogen) atoms. The van der Waals surface area contributed by atoms with Crippen LogP contribution < -0.4 is 0 Å². The number of carbonyl (C=O) groups is 2. The smallest absolute Gasteiger partial charge is 0.342 e. The van der Waals surface area contributed by atoms with Gasteiger partial charge < -0.3 is 19.6 Å². The molecule has 7 nitrogen and oxygen atoms in total. The van der Waals surface area contributed by atoms with E-state index >= 15 is 0 Å². The van der Waals surface area contributed by atoms with Crippen LogP contribution in [0, 0.1) is 0 Å². The van der Waals surface area contributed by atoms with Crippen LogP contribution in [-0.4, -0.2) is 38.6 Å². The van der Waals surface area contributed by atoms with E-state index in [4.69, 9.17) is 19.6 Å². The average molecular weight is 308 g/mol. The molecule has 0 heterocycles. The van der Waals surface area contributed by atoms with Crippen molar-refractivity contribution in [1.82, 2.24) is 0 Å². The lowest BCUT2D eigenvalue weighted by Crippen LogP contribution is -2.34. The number of hydrogen-bond donors (Lipinski definition) is 3. The fourth-order valence-electron chi connectivity index (χ4n) is 1.53. The number of carboxylic acids is 1. The highest BCUT2D eigenvalue weighted by atomic mass is 31.2. The van der Waals surface area contributed by atoms with Crippen molar-refractivity contribution >= 4 is 19.5 Å². The van der Waals surface area contributed by atoms with E-state index < -0.39 is 24.7 Å². The zero-order valence-corrected chi connectivity index (χ0v) is 12.3. The molecule has 0 aromatic carbocycles. The molecule has 0 spiro atoms. The Morgan fingerprint density at radius 3 is 2.25 bits per heavy atom. The number of carbonyl (C=O) groups excluding carboxylic acids is 1. The summed E-state index contributed by atoms with van der Waals surface area (Å²) in [6.45, 7) is 4.56. The third-order valence-electron chi connectivity index (χ3n) is 3.07. The van der Waals surface area contributed by atoms with E-state index in [1.165, 1.54) is 0 Å². The standard InChI is InChI=1S/C12H21O7P/c1-3-10(13)19-9-7-5-4-6-8-12(2,11(14)15)20(16,17)18/h3H,1,4-9H2,2H3,(H,14,15)(H2,16,17,18). The van der Waals surface area contributed by atoms with Crippen molar-refractivity contribution in [3.63, 3.8) is 0 Å². The van der Waals surface area contributed by atoms with E-state index in [0.29, 0.717) is 25.7 Å². The second-order valence-electron chi connectivity index (χ2n) is 4.66. The second-order valence-corrected chi connectivity index (χ2v) is 6.73. The maximum absolute atomic E-state index is 11.2. The zero-order chi connectivity index (χ0) is 15.8. The molecule has 0 aromatic rings. The Labute approximate surface area is 117 Å². The Balaban J connectivity index is 3.99. The summed E-state index contributed by atoms with van der Waals surface area (Å²) in [6.07, 6.45) is 3.25. The van der Waals surface area contributed by atoms with E-state index in [1.807, 2.05) is 0 Å². The van der Waals surface area contributed by atoms with Crippen molar-refractivity contribution < 1.29 is 33.8 Å². The van der Waals surface area contributed by atoms with Crippen molar-refractivity contribution in [3.8, 4) is 0 Å². The van der Waals surface area contributed by atoms with Gasteiger partial charge in [0.15, 0.2) is 5.16 Å². The Hall–Kier alpha value is -1.17.